The number of carbonyl (C=O) groups is 1. The normalized spacial score (nSPS) is 10.2. The maximum Gasteiger partial charge on any atom is 0.275 e. The second kappa shape index (κ2) is 7.49. The first kappa shape index (κ1) is 17.2. The maximum atomic E-state index is 13.4. The predicted molar refractivity (Wildman–Crippen MR) is 94.4 cm³/mol. The standard InChI is InChI=1S/C19H14FN5O/c1-12-22-8-7-16(24-12)19(26)25-18-6-4-14(11-23-18)9-13-3-5-15(20)17(10-13)21-2/h3-8,10-11H,9H2,1H3,(H,23,25,26). The van der Waals surface area contributed by atoms with E-state index in [0.717, 1.165) is 11.1 Å². The summed E-state index contributed by atoms with van der Waals surface area (Å²) in [4.78, 5) is 27.5. The van der Waals surface area contributed by atoms with Gasteiger partial charge in [-0.15, -0.1) is 0 Å². The minimum atomic E-state index is -0.528. The third-order valence-electron chi connectivity index (χ3n) is 3.61. The molecule has 0 saturated heterocycles. The highest BCUT2D eigenvalue weighted by atomic mass is 19.1. The topological polar surface area (TPSA) is 72.1 Å². The van der Waals surface area contributed by atoms with Crippen molar-refractivity contribution in [1.82, 2.24) is 15.0 Å². The second-order valence-electron chi connectivity index (χ2n) is 5.57. The maximum absolute atomic E-state index is 13.4. The Balaban J connectivity index is 1.69. The molecule has 2 heterocycles. The molecule has 0 unspecified atom stereocenters. The van der Waals surface area contributed by atoms with Gasteiger partial charge < -0.3 is 5.32 Å². The molecule has 1 N–H and O–H groups in total. The third-order valence-corrected chi connectivity index (χ3v) is 3.61. The lowest BCUT2D eigenvalue weighted by molar-refractivity contribution is 0.102. The van der Waals surface area contributed by atoms with Crippen molar-refractivity contribution in [2.24, 2.45) is 0 Å². The lowest BCUT2D eigenvalue weighted by Gasteiger charge is -2.06. The van der Waals surface area contributed by atoms with E-state index in [0.29, 0.717) is 18.1 Å². The smallest absolute Gasteiger partial charge is 0.275 e. The fourth-order valence-electron chi connectivity index (χ4n) is 2.36. The molecular weight excluding hydrogens is 333 g/mol. The van der Waals surface area contributed by atoms with Crippen molar-refractivity contribution < 1.29 is 9.18 Å². The van der Waals surface area contributed by atoms with Crippen molar-refractivity contribution in [1.29, 1.82) is 0 Å². The van der Waals surface area contributed by atoms with Crippen LogP contribution < -0.4 is 5.32 Å². The largest absolute Gasteiger partial charge is 0.305 e. The van der Waals surface area contributed by atoms with Crippen molar-refractivity contribution in [2.75, 3.05) is 5.32 Å². The summed E-state index contributed by atoms with van der Waals surface area (Å²) in [5.74, 6) is 0.0193. The first-order valence-corrected chi connectivity index (χ1v) is 7.77. The van der Waals surface area contributed by atoms with Crippen LogP contribution in [0.4, 0.5) is 15.9 Å². The summed E-state index contributed by atoms with van der Waals surface area (Å²) in [5.41, 5.74) is 1.96. The lowest BCUT2D eigenvalue weighted by Crippen LogP contribution is -2.15. The predicted octanol–water partition coefficient (Wildman–Crippen LogP) is 3.71. The van der Waals surface area contributed by atoms with Crippen molar-refractivity contribution in [3.05, 3.63) is 88.7 Å². The van der Waals surface area contributed by atoms with E-state index < -0.39 is 5.82 Å². The zero-order chi connectivity index (χ0) is 18.5. The molecule has 1 aromatic carbocycles. The van der Waals surface area contributed by atoms with Crippen LogP contribution >= 0.6 is 0 Å². The van der Waals surface area contributed by atoms with Crippen molar-refractivity contribution in [3.63, 3.8) is 0 Å². The Morgan fingerprint density at radius 3 is 2.69 bits per heavy atom. The monoisotopic (exact) mass is 347 g/mol. The SMILES string of the molecule is [C-]#[N+]c1cc(Cc2ccc(NC(=O)c3ccnc(C)n3)nc2)ccc1F. The van der Waals surface area contributed by atoms with Gasteiger partial charge in [0.15, 0.2) is 0 Å². The van der Waals surface area contributed by atoms with Gasteiger partial charge in [-0.2, -0.15) is 0 Å². The number of halogens is 1. The van der Waals surface area contributed by atoms with Gasteiger partial charge in [-0.1, -0.05) is 17.7 Å². The Hall–Kier alpha value is -3.66. The quantitative estimate of drug-likeness (QED) is 0.730. The minimum Gasteiger partial charge on any atom is -0.305 e. The van der Waals surface area contributed by atoms with Crippen LogP contribution in [0.25, 0.3) is 4.85 Å². The van der Waals surface area contributed by atoms with Gasteiger partial charge >= 0.3 is 0 Å². The van der Waals surface area contributed by atoms with Crippen LogP contribution in [0.1, 0.15) is 27.4 Å². The molecular formula is C19H14FN5O. The van der Waals surface area contributed by atoms with E-state index in [1.165, 1.54) is 24.4 Å². The van der Waals surface area contributed by atoms with Crippen LogP contribution in [0, 0.1) is 19.3 Å². The molecule has 2 aromatic heterocycles. The van der Waals surface area contributed by atoms with Gasteiger partial charge in [0, 0.05) is 12.4 Å². The van der Waals surface area contributed by atoms with E-state index in [4.69, 9.17) is 6.57 Å². The molecule has 0 spiro atoms. The van der Waals surface area contributed by atoms with Crippen LogP contribution in [0.15, 0.2) is 48.8 Å². The molecule has 128 valence electrons. The molecule has 0 aliphatic carbocycles. The number of rotatable bonds is 4. The molecule has 3 rings (SSSR count). The number of nitrogens with one attached hydrogen (secondary N) is 1. The number of hydrogen-bond acceptors (Lipinski definition) is 4. The molecule has 26 heavy (non-hydrogen) atoms. The molecule has 0 radical (unpaired) electrons. The Morgan fingerprint density at radius 1 is 1.19 bits per heavy atom. The number of pyridine rings is 1. The third kappa shape index (κ3) is 4.05. The van der Waals surface area contributed by atoms with Crippen LogP contribution in [-0.4, -0.2) is 20.9 Å². The first-order chi connectivity index (χ1) is 12.5. The summed E-state index contributed by atoms with van der Waals surface area (Å²) < 4.78 is 13.4. The minimum absolute atomic E-state index is 0.000475. The lowest BCUT2D eigenvalue weighted by atomic mass is 10.1. The number of hydrogen-bond donors (Lipinski definition) is 1. The van der Waals surface area contributed by atoms with Gasteiger partial charge in [0.1, 0.15) is 23.2 Å². The van der Waals surface area contributed by atoms with Crippen LogP contribution in [0.5, 0.6) is 0 Å². The number of aromatic nitrogens is 3. The van der Waals surface area contributed by atoms with E-state index in [1.807, 2.05) is 6.07 Å². The van der Waals surface area contributed by atoms with Crippen LogP contribution in [-0.2, 0) is 6.42 Å². The van der Waals surface area contributed by atoms with Crippen molar-refractivity contribution in [2.45, 2.75) is 13.3 Å². The molecule has 6 nitrogen and oxygen atoms in total. The molecule has 0 aliphatic rings. The molecule has 0 fully saturated rings. The molecule has 7 heteroatoms. The zero-order valence-corrected chi connectivity index (χ0v) is 13.9. The number of carbonyl (C=O) groups excluding carboxylic acids is 1. The van der Waals surface area contributed by atoms with Gasteiger partial charge in [0.25, 0.3) is 5.91 Å². The Bertz CT molecular complexity index is 996. The average Bonchev–Trinajstić information content (AvgIpc) is 2.65. The highest BCUT2D eigenvalue weighted by molar-refractivity contribution is 6.02. The molecule has 3 aromatic rings. The van der Waals surface area contributed by atoms with Crippen LogP contribution in [0.3, 0.4) is 0 Å². The molecule has 0 saturated carbocycles. The van der Waals surface area contributed by atoms with E-state index in [-0.39, 0.29) is 17.3 Å². The van der Waals surface area contributed by atoms with Crippen LogP contribution in [0.2, 0.25) is 0 Å². The Labute approximate surface area is 149 Å². The molecule has 0 atom stereocenters. The van der Waals surface area contributed by atoms with Gasteiger partial charge in [0.2, 0.25) is 5.69 Å². The van der Waals surface area contributed by atoms with Gasteiger partial charge in [-0.05, 0) is 43.2 Å². The summed E-state index contributed by atoms with van der Waals surface area (Å²) in [6, 6.07) is 9.47. The number of anilines is 1. The van der Waals surface area contributed by atoms with Crippen molar-refractivity contribution >= 4 is 17.4 Å². The van der Waals surface area contributed by atoms with Crippen molar-refractivity contribution in [3.8, 4) is 0 Å². The number of amides is 1. The summed E-state index contributed by atoms with van der Waals surface area (Å²) in [6.45, 7) is 8.67. The van der Waals surface area contributed by atoms with Gasteiger partial charge in [-0.3, -0.25) is 4.79 Å². The first-order valence-electron chi connectivity index (χ1n) is 7.77. The number of nitrogens with zero attached hydrogens (tertiary/aromatic N) is 4. The highest BCUT2D eigenvalue weighted by Gasteiger charge is 2.09. The molecule has 1 amide bonds. The fourth-order valence-corrected chi connectivity index (χ4v) is 2.36. The summed E-state index contributed by atoms with van der Waals surface area (Å²) in [6.07, 6.45) is 3.66. The fraction of sp³-hybridized carbons (Fsp3) is 0.105. The highest BCUT2D eigenvalue weighted by Crippen LogP contribution is 2.21. The average molecular weight is 347 g/mol. The molecule has 0 bridgehead atoms. The second-order valence-corrected chi connectivity index (χ2v) is 5.57. The van der Waals surface area contributed by atoms with E-state index in [2.05, 4.69) is 25.1 Å². The Kier molecular flexibility index (Phi) is 4.94. The van der Waals surface area contributed by atoms with E-state index in [9.17, 15) is 9.18 Å². The van der Waals surface area contributed by atoms with Gasteiger partial charge in [0.05, 0.1) is 6.57 Å². The summed E-state index contributed by atoms with van der Waals surface area (Å²) in [5, 5.41) is 2.67. The number of aryl methyl sites for hydroxylation is 1. The summed E-state index contributed by atoms with van der Waals surface area (Å²) >= 11 is 0. The van der Waals surface area contributed by atoms with E-state index >= 15 is 0 Å². The zero-order valence-electron chi connectivity index (χ0n) is 13.9. The van der Waals surface area contributed by atoms with E-state index in [1.54, 1.807) is 25.3 Å². The van der Waals surface area contributed by atoms with Gasteiger partial charge in [-0.25, -0.2) is 24.2 Å². The number of benzene rings is 1. The Morgan fingerprint density at radius 2 is 2.00 bits per heavy atom. The summed E-state index contributed by atoms with van der Waals surface area (Å²) in [7, 11) is 0. The molecule has 0 aliphatic heterocycles.